The molecule has 2 aliphatic heterocycles. The molecule has 2 atom stereocenters. The van der Waals surface area contributed by atoms with Crippen LogP contribution in [-0.2, 0) is 19.5 Å². The van der Waals surface area contributed by atoms with Crippen LogP contribution in [0.25, 0.3) is 0 Å². The average molecular weight is 406 g/mol. The molecule has 1 aromatic heterocycles. The van der Waals surface area contributed by atoms with Crippen LogP contribution in [-0.4, -0.2) is 69.4 Å². The van der Waals surface area contributed by atoms with Crippen LogP contribution in [0, 0.1) is 0 Å². The molecule has 2 bridgehead atoms. The third kappa shape index (κ3) is 3.34. The second-order valence-corrected chi connectivity index (χ2v) is 7.49. The normalized spacial score (nSPS) is 22.6. The highest BCUT2D eigenvalue weighted by atomic mass is 32.3. The number of nitrogens with two attached hydrogens (primary N) is 2. The van der Waals surface area contributed by atoms with Crippen molar-refractivity contribution in [2.75, 3.05) is 12.3 Å². The highest BCUT2D eigenvalue weighted by molar-refractivity contribution is 7.80. The van der Waals surface area contributed by atoms with Crippen molar-refractivity contribution in [1.82, 2.24) is 20.0 Å². The van der Waals surface area contributed by atoms with Crippen LogP contribution >= 0.6 is 11.3 Å². The first-order chi connectivity index (χ1) is 12.1. The third-order valence-electron chi connectivity index (χ3n) is 3.98. The predicted octanol–water partition coefficient (Wildman–Crippen LogP) is -1.43. The van der Waals surface area contributed by atoms with Gasteiger partial charge in [-0.15, -0.1) is 15.6 Å². The van der Waals surface area contributed by atoms with Crippen molar-refractivity contribution in [3.63, 3.8) is 0 Å². The number of anilines is 1. The van der Waals surface area contributed by atoms with Gasteiger partial charge in [0.05, 0.1) is 6.04 Å². The minimum absolute atomic E-state index is 0.0174. The van der Waals surface area contributed by atoms with E-state index in [1.54, 1.807) is 0 Å². The molecule has 2 saturated heterocycles. The van der Waals surface area contributed by atoms with Crippen molar-refractivity contribution in [1.29, 1.82) is 0 Å². The molecule has 0 aliphatic carbocycles. The smallest absolute Gasteiger partial charge is 0.375 e. The zero-order chi connectivity index (χ0) is 19.2. The molecule has 0 spiro atoms. The van der Waals surface area contributed by atoms with E-state index >= 15 is 0 Å². The summed E-state index contributed by atoms with van der Waals surface area (Å²) in [6, 6.07) is -2.67. The first-order valence-electron chi connectivity index (χ1n) is 7.19. The van der Waals surface area contributed by atoms with Crippen molar-refractivity contribution in [2.24, 2.45) is 5.84 Å². The van der Waals surface area contributed by atoms with E-state index in [9.17, 15) is 22.8 Å². The summed E-state index contributed by atoms with van der Waals surface area (Å²) in [6.07, 6.45) is 0.334. The number of carbonyl (C=O) groups excluding carboxylic acids is 3. The molecule has 3 rings (SSSR count). The van der Waals surface area contributed by atoms with Crippen LogP contribution in [0.1, 0.15) is 23.3 Å². The van der Waals surface area contributed by atoms with Gasteiger partial charge in [0, 0.05) is 11.9 Å². The summed E-state index contributed by atoms with van der Waals surface area (Å²) in [5.74, 6) is 3.84. The van der Waals surface area contributed by atoms with Crippen molar-refractivity contribution in [2.45, 2.75) is 24.9 Å². The van der Waals surface area contributed by atoms with Gasteiger partial charge in [-0.1, -0.05) is 0 Å². The van der Waals surface area contributed by atoms with Gasteiger partial charge in [-0.2, -0.15) is 13.5 Å². The molecular formula is C11H14N6O7S2. The zero-order valence-electron chi connectivity index (χ0n) is 13.0. The molecule has 0 unspecified atom stereocenters. The van der Waals surface area contributed by atoms with E-state index in [4.69, 9.17) is 16.1 Å². The molecular weight excluding hydrogens is 392 g/mol. The Bertz CT molecular complexity index is 870. The maximum atomic E-state index is 12.5. The number of thiazole rings is 1. The largest absolute Gasteiger partial charge is 0.418 e. The van der Waals surface area contributed by atoms with Crippen LogP contribution in [0.4, 0.5) is 9.93 Å². The molecule has 142 valence electrons. The minimum atomic E-state index is -4.89. The van der Waals surface area contributed by atoms with Crippen LogP contribution in [0.5, 0.6) is 0 Å². The maximum Gasteiger partial charge on any atom is 0.418 e. The van der Waals surface area contributed by atoms with E-state index in [0.717, 1.165) is 16.2 Å². The van der Waals surface area contributed by atoms with Crippen molar-refractivity contribution < 1.29 is 31.6 Å². The fraction of sp³-hybridized carbons (Fsp3) is 0.455. The highest BCUT2D eigenvalue weighted by Crippen LogP contribution is 2.31. The quantitative estimate of drug-likeness (QED) is 0.176. The number of piperidine rings is 1. The van der Waals surface area contributed by atoms with Gasteiger partial charge in [0.1, 0.15) is 11.7 Å². The monoisotopic (exact) mass is 406 g/mol. The Labute approximate surface area is 151 Å². The highest BCUT2D eigenvalue weighted by Gasteiger charge is 2.50. The Morgan fingerprint density at radius 3 is 2.69 bits per heavy atom. The number of hydrogen-bond acceptors (Lipinski definition) is 10. The van der Waals surface area contributed by atoms with Gasteiger partial charge < -0.3 is 10.6 Å². The topological polar surface area (TPSA) is 189 Å². The molecule has 0 saturated carbocycles. The number of amides is 4. The lowest BCUT2D eigenvalue weighted by Gasteiger charge is -2.31. The number of urea groups is 1. The zero-order valence-corrected chi connectivity index (χ0v) is 14.6. The molecule has 13 nitrogen and oxygen atoms in total. The summed E-state index contributed by atoms with van der Waals surface area (Å²) < 4.78 is 34.7. The van der Waals surface area contributed by atoms with Crippen LogP contribution in [0.2, 0.25) is 0 Å². The number of fused-ring (bicyclic) bond motifs is 2. The molecule has 0 aromatic carbocycles. The molecule has 5 N–H and O–H groups in total. The van der Waals surface area contributed by atoms with E-state index in [1.807, 2.05) is 0 Å². The Kier molecular flexibility index (Phi) is 4.57. The standard InChI is InChI=1S/C11H14N6O7S2/c12-10-14-6(4-25-10)8(18)16(13)9(19)7-2-1-5-3-15(7)11(20)17(5)24-26(21,22)23/h4-5,7H,1-3,13H2,(H2,12,14)(H,21,22,23)/t5-,7+/m1/s1. The van der Waals surface area contributed by atoms with Gasteiger partial charge in [-0.3, -0.25) is 14.1 Å². The van der Waals surface area contributed by atoms with E-state index in [2.05, 4.69) is 9.27 Å². The van der Waals surface area contributed by atoms with Crippen LogP contribution < -0.4 is 11.6 Å². The Hall–Kier alpha value is -2.33. The van der Waals surface area contributed by atoms with Gasteiger partial charge in [-0.05, 0) is 12.8 Å². The number of carbonyl (C=O) groups is 3. The van der Waals surface area contributed by atoms with E-state index in [0.29, 0.717) is 10.1 Å². The summed E-state index contributed by atoms with van der Waals surface area (Å²) >= 11 is 0.999. The van der Waals surface area contributed by atoms with Gasteiger partial charge in [0.15, 0.2) is 5.13 Å². The molecule has 26 heavy (non-hydrogen) atoms. The molecule has 1 aromatic rings. The number of nitrogen functional groups attached to an aromatic ring is 1. The van der Waals surface area contributed by atoms with Crippen LogP contribution in [0.3, 0.4) is 0 Å². The number of hydrogen-bond donors (Lipinski definition) is 3. The predicted molar refractivity (Wildman–Crippen MR) is 85.3 cm³/mol. The fourth-order valence-electron chi connectivity index (χ4n) is 2.86. The fourth-order valence-corrected chi connectivity index (χ4v) is 3.78. The minimum Gasteiger partial charge on any atom is -0.375 e. The average Bonchev–Trinajstić information content (AvgIpc) is 3.10. The summed E-state index contributed by atoms with van der Waals surface area (Å²) in [5, 5.41) is 2.30. The lowest BCUT2D eigenvalue weighted by molar-refractivity contribution is -0.134. The van der Waals surface area contributed by atoms with Gasteiger partial charge >= 0.3 is 16.4 Å². The summed E-state index contributed by atoms with van der Waals surface area (Å²) in [4.78, 5) is 41.8. The molecule has 2 fully saturated rings. The van der Waals surface area contributed by atoms with Gasteiger partial charge in [0.25, 0.3) is 11.8 Å². The Balaban J connectivity index is 1.75. The van der Waals surface area contributed by atoms with E-state index in [-0.39, 0.29) is 30.2 Å². The molecule has 4 amide bonds. The second kappa shape index (κ2) is 6.44. The molecule has 2 aliphatic rings. The van der Waals surface area contributed by atoms with E-state index in [1.165, 1.54) is 5.38 Å². The van der Waals surface area contributed by atoms with Crippen molar-refractivity contribution in [3.8, 4) is 0 Å². The molecule has 15 heteroatoms. The summed E-state index contributed by atoms with van der Waals surface area (Å²) in [6.45, 7) is -0.0174. The first kappa shape index (κ1) is 18.5. The van der Waals surface area contributed by atoms with Crippen molar-refractivity contribution in [3.05, 3.63) is 11.1 Å². The lowest BCUT2D eigenvalue weighted by atomic mass is 10.00. The van der Waals surface area contributed by atoms with Crippen LogP contribution in [0.15, 0.2) is 5.38 Å². The number of aromatic nitrogens is 1. The number of imide groups is 1. The molecule has 3 heterocycles. The lowest BCUT2D eigenvalue weighted by Crippen LogP contribution is -2.55. The second-order valence-electron chi connectivity index (χ2n) is 5.59. The third-order valence-corrected chi connectivity index (χ3v) is 5.00. The Morgan fingerprint density at radius 1 is 1.42 bits per heavy atom. The van der Waals surface area contributed by atoms with E-state index < -0.39 is 40.3 Å². The SMILES string of the molecule is Nc1nc(C(=O)N(N)C(=O)[C@@H]2CC[C@@H]3CN2C(=O)N3OS(=O)(=O)O)cs1. The number of hydroxylamine groups is 2. The summed E-state index contributed by atoms with van der Waals surface area (Å²) in [7, 11) is -4.89. The van der Waals surface area contributed by atoms with Gasteiger partial charge in [-0.25, -0.2) is 20.6 Å². The maximum absolute atomic E-state index is 12.5. The number of rotatable bonds is 4. The van der Waals surface area contributed by atoms with Gasteiger partial charge in [0.2, 0.25) is 0 Å². The summed E-state index contributed by atoms with van der Waals surface area (Å²) in [5.41, 5.74) is 5.33. The van der Waals surface area contributed by atoms with Crippen molar-refractivity contribution >= 4 is 44.7 Å². The molecule has 0 radical (unpaired) electrons. The first-order valence-corrected chi connectivity index (χ1v) is 9.44. The number of nitrogens with zero attached hydrogens (tertiary/aromatic N) is 4. The number of hydrazine groups is 1. The Morgan fingerprint density at radius 2 is 2.12 bits per heavy atom.